The fourth-order valence-electron chi connectivity index (χ4n) is 1.21. The standard InChI is InChI=1S/C14H22O4S2/c1-11(13(15)17-3)9-19-7-5-6-8-20-10-12(2)14(16)18-4/h1-2,5-10H2,3-4H3. The van der Waals surface area contributed by atoms with Gasteiger partial charge in [0, 0.05) is 22.7 Å². The van der Waals surface area contributed by atoms with Gasteiger partial charge in [0.25, 0.3) is 0 Å². The molecule has 0 aliphatic carbocycles. The van der Waals surface area contributed by atoms with Crippen LogP contribution in [0.15, 0.2) is 24.3 Å². The van der Waals surface area contributed by atoms with Crippen molar-refractivity contribution in [1.29, 1.82) is 0 Å². The molecule has 0 bridgehead atoms. The molecule has 0 atom stereocenters. The summed E-state index contributed by atoms with van der Waals surface area (Å²) in [6.07, 6.45) is 2.13. The fraction of sp³-hybridized carbons (Fsp3) is 0.571. The first-order chi connectivity index (χ1) is 9.52. The Kier molecular flexibility index (Phi) is 11.4. The van der Waals surface area contributed by atoms with Crippen LogP contribution in [-0.2, 0) is 19.1 Å². The smallest absolute Gasteiger partial charge is 0.333 e. The number of unbranched alkanes of at least 4 members (excludes halogenated alkanes) is 1. The van der Waals surface area contributed by atoms with E-state index in [4.69, 9.17) is 0 Å². The zero-order valence-corrected chi connectivity index (χ0v) is 13.7. The van der Waals surface area contributed by atoms with Crippen molar-refractivity contribution >= 4 is 35.5 Å². The number of methoxy groups -OCH3 is 2. The summed E-state index contributed by atoms with van der Waals surface area (Å²) in [7, 11) is 2.72. The van der Waals surface area contributed by atoms with Gasteiger partial charge in [-0.2, -0.15) is 23.5 Å². The fourth-order valence-corrected chi connectivity index (χ4v) is 3.04. The van der Waals surface area contributed by atoms with Gasteiger partial charge in [-0.3, -0.25) is 0 Å². The highest BCUT2D eigenvalue weighted by Crippen LogP contribution is 2.13. The zero-order chi connectivity index (χ0) is 15.4. The number of rotatable bonds is 11. The molecule has 0 unspecified atom stereocenters. The van der Waals surface area contributed by atoms with E-state index >= 15 is 0 Å². The molecule has 0 fully saturated rings. The summed E-state index contributed by atoms with van der Waals surface area (Å²) >= 11 is 3.35. The van der Waals surface area contributed by atoms with Crippen LogP contribution in [0.2, 0.25) is 0 Å². The second-order valence-corrected chi connectivity index (χ2v) is 6.21. The molecule has 0 spiro atoms. The third-order valence-electron chi connectivity index (χ3n) is 2.33. The van der Waals surface area contributed by atoms with Crippen molar-refractivity contribution in [2.24, 2.45) is 0 Å². The van der Waals surface area contributed by atoms with Gasteiger partial charge in [-0.1, -0.05) is 13.2 Å². The van der Waals surface area contributed by atoms with E-state index in [9.17, 15) is 9.59 Å². The first kappa shape index (κ1) is 19.1. The monoisotopic (exact) mass is 318 g/mol. The zero-order valence-electron chi connectivity index (χ0n) is 12.1. The first-order valence-corrected chi connectivity index (χ1v) is 8.51. The van der Waals surface area contributed by atoms with Crippen LogP contribution >= 0.6 is 23.5 Å². The maximum Gasteiger partial charge on any atom is 0.333 e. The molecule has 0 aromatic heterocycles. The SMILES string of the molecule is C=C(CSCCCCSCC(=C)C(=O)OC)C(=O)OC. The summed E-state index contributed by atoms with van der Waals surface area (Å²) in [4.78, 5) is 22.2. The van der Waals surface area contributed by atoms with Gasteiger partial charge >= 0.3 is 11.9 Å². The number of hydrogen-bond acceptors (Lipinski definition) is 6. The summed E-state index contributed by atoms with van der Waals surface area (Å²) in [6.45, 7) is 7.33. The van der Waals surface area contributed by atoms with Crippen molar-refractivity contribution in [2.45, 2.75) is 12.8 Å². The number of carbonyl (C=O) groups is 2. The van der Waals surface area contributed by atoms with Crippen molar-refractivity contribution in [2.75, 3.05) is 37.2 Å². The van der Waals surface area contributed by atoms with Crippen molar-refractivity contribution in [3.63, 3.8) is 0 Å². The van der Waals surface area contributed by atoms with Crippen LogP contribution in [0.4, 0.5) is 0 Å². The number of thioether (sulfide) groups is 2. The van der Waals surface area contributed by atoms with E-state index < -0.39 is 0 Å². The minimum absolute atomic E-state index is 0.339. The van der Waals surface area contributed by atoms with Gasteiger partial charge in [-0.05, 0) is 24.3 Å². The van der Waals surface area contributed by atoms with Gasteiger partial charge in [0.05, 0.1) is 14.2 Å². The number of hydrogen-bond donors (Lipinski definition) is 0. The molecule has 0 aromatic rings. The molecule has 4 nitrogen and oxygen atoms in total. The summed E-state index contributed by atoms with van der Waals surface area (Å²) in [5.74, 6) is 2.50. The van der Waals surface area contributed by atoms with Crippen molar-refractivity contribution in [3.05, 3.63) is 24.3 Å². The molecule has 6 heteroatoms. The molecule has 0 N–H and O–H groups in total. The predicted molar refractivity (Wildman–Crippen MR) is 86.2 cm³/mol. The van der Waals surface area contributed by atoms with E-state index in [1.165, 1.54) is 14.2 Å². The third kappa shape index (κ3) is 9.09. The van der Waals surface area contributed by atoms with Gasteiger partial charge in [-0.15, -0.1) is 0 Å². The van der Waals surface area contributed by atoms with E-state index in [1.54, 1.807) is 23.5 Å². The van der Waals surface area contributed by atoms with Gasteiger partial charge in [0.2, 0.25) is 0 Å². The topological polar surface area (TPSA) is 52.6 Å². The molecule has 0 rings (SSSR count). The quantitative estimate of drug-likeness (QED) is 0.332. The van der Waals surface area contributed by atoms with Gasteiger partial charge in [0.15, 0.2) is 0 Å². The average molecular weight is 318 g/mol. The van der Waals surface area contributed by atoms with Crippen LogP contribution in [0.1, 0.15) is 12.8 Å². The molecule has 0 radical (unpaired) electrons. The first-order valence-electron chi connectivity index (χ1n) is 6.20. The highest BCUT2D eigenvalue weighted by atomic mass is 32.2. The summed E-state index contributed by atoms with van der Waals surface area (Å²) in [5, 5.41) is 0. The van der Waals surface area contributed by atoms with Crippen LogP contribution in [0.25, 0.3) is 0 Å². The van der Waals surface area contributed by atoms with Crippen molar-refractivity contribution < 1.29 is 19.1 Å². The molecule has 0 aliphatic heterocycles. The Labute approximate surface area is 129 Å². The number of esters is 2. The minimum atomic E-state index is -0.339. The van der Waals surface area contributed by atoms with Crippen LogP contribution in [0, 0.1) is 0 Å². The molecule has 0 saturated heterocycles. The molecule has 0 aromatic carbocycles. The van der Waals surface area contributed by atoms with Crippen molar-refractivity contribution in [1.82, 2.24) is 0 Å². The average Bonchev–Trinajstić information content (AvgIpc) is 2.47. The van der Waals surface area contributed by atoms with Gasteiger partial charge < -0.3 is 9.47 Å². The Balaban J connectivity index is 3.42. The maximum atomic E-state index is 11.1. The molecule has 0 aliphatic rings. The van der Waals surface area contributed by atoms with Crippen LogP contribution in [-0.4, -0.2) is 49.2 Å². The number of ether oxygens (including phenoxy) is 2. The highest BCUT2D eigenvalue weighted by Gasteiger charge is 2.07. The predicted octanol–water partition coefficient (Wildman–Crippen LogP) is 2.69. The lowest BCUT2D eigenvalue weighted by atomic mass is 10.4. The largest absolute Gasteiger partial charge is 0.466 e. The molecule has 20 heavy (non-hydrogen) atoms. The summed E-state index contributed by atoms with van der Waals surface area (Å²) in [5.41, 5.74) is 1.00. The Morgan fingerprint density at radius 3 is 1.50 bits per heavy atom. The van der Waals surface area contributed by atoms with E-state index in [1.807, 2.05) is 0 Å². The Morgan fingerprint density at radius 2 is 1.20 bits per heavy atom. The second kappa shape index (κ2) is 11.9. The molecule has 0 heterocycles. The normalized spacial score (nSPS) is 9.90. The summed E-state index contributed by atoms with van der Waals surface area (Å²) in [6, 6.07) is 0. The molecular weight excluding hydrogens is 296 g/mol. The lowest BCUT2D eigenvalue weighted by Gasteiger charge is -2.05. The second-order valence-electron chi connectivity index (χ2n) is 4.00. The maximum absolute atomic E-state index is 11.1. The van der Waals surface area contributed by atoms with Crippen LogP contribution in [0.5, 0.6) is 0 Å². The van der Waals surface area contributed by atoms with Crippen LogP contribution in [0.3, 0.4) is 0 Å². The molecule has 114 valence electrons. The van der Waals surface area contributed by atoms with Gasteiger partial charge in [-0.25, -0.2) is 9.59 Å². The van der Waals surface area contributed by atoms with E-state index in [-0.39, 0.29) is 11.9 Å². The molecule has 0 saturated carbocycles. The van der Waals surface area contributed by atoms with E-state index in [0.29, 0.717) is 22.7 Å². The number of carbonyl (C=O) groups excluding carboxylic acids is 2. The van der Waals surface area contributed by atoms with Crippen molar-refractivity contribution in [3.8, 4) is 0 Å². The molecule has 0 amide bonds. The minimum Gasteiger partial charge on any atom is -0.466 e. The lowest BCUT2D eigenvalue weighted by molar-refractivity contribution is -0.136. The van der Waals surface area contributed by atoms with E-state index in [0.717, 1.165) is 24.3 Å². The molecular formula is C14H22O4S2. The Morgan fingerprint density at radius 1 is 0.850 bits per heavy atom. The lowest BCUT2D eigenvalue weighted by Crippen LogP contribution is -2.06. The van der Waals surface area contributed by atoms with E-state index in [2.05, 4.69) is 22.6 Å². The summed E-state index contributed by atoms with van der Waals surface area (Å²) < 4.78 is 9.14. The third-order valence-corrected chi connectivity index (χ3v) is 4.59. The highest BCUT2D eigenvalue weighted by molar-refractivity contribution is 7.99. The van der Waals surface area contributed by atoms with Gasteiger partial charge in [0.1, 0.15) is 0 Å². The Bertz CT molecular complexity index is 319. The Hall–Kier alpha value is -0.880. The van der Waals surface area contributed by atoms with Crippen LogP contribution < -0.4 is 0 Å².